The molecule has 0 spiro atoms. The lowest BCUT2D eigenvalue weighted by atomic mass is 10.1. The summed E-state index contributed by atoms with van der Waals surface area (Å²) >= 11 is 0. The van der Waals surface area contributed by atoms with Crippen LogP contribution in [0, 0.1) is 24.2 Å². The van der Waals surface area contributed by atoms with Crippen LogP contribution in [0.2, 0.25) is 0 Å². The molecular weight excluding hydrogens is 418 g/mol. The fourth-order valence-corrected chi connectivity index (χ4v) is 3.10. The number of carbonyl (C=O) groups is 2. The molecule has 2 aromatic carbocycles. The number of nitrogens with one attached hydrogen (secondary N) is 2. The van der Waals surface area contributed by atoms with Crippen LogP contribution in [0.1, 0.15) is 37.5 Å². The van der Waals surface area contributed by atoms with E-state index in [-0.39, 0.29) is 31.0 Å². The summed E-state index contributed by atoms with van der Waals surface area (Å²) in [6.45, 7) is 8.20. The summed E-state index contributed by atoms with van der Waals surface area (Å²) in [6.07, 6.45) is 0.695. The molecule has 0 aliphatic carbocycles. The number of nitrogen functional groups attached to an aromatic ring is 1. The lowest BCUT2D eigenvalue weighted by Crippen LogP contribution is -2.49. The third-order valence-electron chi connectivity index (χ3n) is 4.84. The number of nitrogens with zero attached hydrogens (tertiary/aromatic N) is 2. The molecule has 0 saturated heterocycles. The highest BCUT2D eigenvalue weighted by molar-refractivity contribution is 5.95. The molecule has 1 amide bonds. The Kier molecular flexibility index (Phi) is 9.45. The Morgan fingerprint density at radius 1 is 1.24 bits per heavy atom. The maximum atomic E-state index is 12.0. The average molecular weight is 450 g/mol. The number of benzene rings is 2. The van der Waals surface area contributed by atoms with Gasteiger partial charge in [0.1, 0.15) is 12.4 Å². The minimum Gasteiger partial charge on any atom is -0.465 e. The van der Waals surface area contributed by atoms with Crippen molar-refractivity contribution in [3.8, 4) is 11.8 Å². The van der Waals surface area contributed by atoms with E-state index in [0.717, 1.165) is 16.8 Å². The predicted molar refractivity (Wildman–Crippen MR) is 131 cm³/mol. The fraction of sp³-hybridized carbons (Fsp3) is 0.320. The van der Waals surface area contributed by atoms with Gasteiger partial charge in [-0.05, 0) is 75.7 Å². The van der Waals surface area contributed by atoms with Crippen LogP contribution in [-0.4, -0.2) is 49.0 Å². The molecule has 33 heavy (non-hydrogen) atoms. The van der Waals surface area contributed by atoms with Crippen LogP contribution in [0.5, 0.6) is 0 Å². The Labute approximate surface area is 195 Å². The molecule has 0 aromatic heterocycles. The summed E-state index contributed by atoms with van der Waals surface area (Å²) in [6, 6.07) is 12.7. The SMILES string of the molecule is CCOC(=O)CN(C(C)C)N(C=O)c1ccc(C#CCNc2ccc(C(=N)N)cc2)c(C)c1. The van der Waals surface area contributed by atoms with Crippen molar-refractivity contribution < 1.29 is 14.3 Å². The van der Waals surface area contributed by atoms with Gasteiger partial charge in [0.15, 0.2) is 0 Å². The molecule has 0 fully saturated rings. The smallest absolute Gasteiger partial charge is 0.322 e. The number of hydrogen-bond acceptors (Lipinski definition) is 6. The second-order valence-electron chi connectivity index (χ2n) is 7.59. The zero-order valence-corrected chi connectivity index (χ0v) is 19.5. The first-order valence-electron chi connectivity index (χ1n) is 10.7. The molecular formula is C25H31N5O3. The van der Waals surface area contributed by atoms with Gasteiger partial charge in [0.2, 0.25) is 6.41 Å². The summed E-state index contributed by atoms with van der Waals surface area (Å²) < 4.78 is 5.04. The number of carbonyl (C=O) groups excluding carboxylic acids is 2. The second-order valence-corrected chi connectivity index (χ2v) is 7.59. The molecule has 0 saturated carbocycles. The zero-order chi connectivity index (χ0) is 24.4. The Morgan fingerprint density at radius 2 is 1.94 bits per heavy atom. The Balaban J connectivity index is 2.09. The predicted octanol–water partition coefficient (Wildman–Crippen LogP) is 2.89. The number of anilines is 2. The quantitative estimate of drug-likeness (QED) is 0.128. The molecule has 0 unspecified atom stereocenters. The van der Waals surface area contributed by atoms with Crippen LogP contribution in [0.25, 0.3) is 0 Å². The molecule has 2 rings (SSSR count). The minimum atomic E-state index is -0.388. The van der Waals surface area contributed by atoms with Crippen LogP contribution in [0.3, 0.4) is 0 Å². The summed E-state index contributed by atoms with van der Waals surface area (Å²) in [5.41, 5.74) is 9.43. The van der Waals surface area contributed by atoms with Crippen molar-refractivity contribution in [2.75, 3.05) is 30.0 Å². The molecule has 174 valence electrons. The highest BCUT2D eigenvalue weighted by Crippen LogP contribution is 2.21. The van der Waals surface area contributed by atoms with E-state index in [4.69, 9.17) is 15.9 Å². The Hall–Kier alpha value is -3.83. The van der Waals surface area contributed by atoms with Crippen LogP contribution in [-0.2, 0) is 14.3 Å². The van der Waals surface area contributed by atoms with Crippen molar-refractivity contribution in [2.45, 2.75) is 33.7 Å². The van der Waals surface area contributed by atoms with Gasteiger partial charge < -0.3 is 15.8 Å². The van der Waals surface area contributed by atoms with Crippen molar-refractivity contribution in [3.63, 3.8) is 0 Å². The number of amidine groups is 1. The monoisotopic (exact) mass is 449 g/mol. The lowest BCUT2D eigenvalue weighted by Gasteiger charge is -2.34. The van der Waals surface area contributed by atoms with E-state index in [0.29, 0.717) is 24.2 Å². The molecule has 8 nitrogen and oxygen atoms in total. The maximum Gasteiger partial charge on any atom is 0.322 e. The van der Waals surface area contributed by atoms with Gasteiger partial charge in [-0.1, -0.05) is 11.8 Å². The van der Waals surface area contributed by atoms with E-state index in [1.54, 1.807) is 30.1 Å². The van der Waals surface area contributed by atoms with Crippen LogP contribution in [0.4, 0.5) is 11.4 Å². The topological polar surface area (TPSA) is 112 Å². The van der Waals surface area contributed by atoms with E-state index in [1.807, 2.05) is 45.0 Å². The van der Waals surface area contributed by atoms with Crippen LogP contribution in [0.15, 0.2) is 42.5 Å². The van der Waals surface area contributed by atoms with E-state index in [9.17, 15) is 9.59 Å². The van der Waals surface area contributed by atoms with Crippen molar-refractivity contribution in [1.82, 2.24) is 5.01 Å². The second kappa shape index (κ2) is 12.3. The summed E-state index contributed by atoms with van der Waals surface area (Å²) in [7, 11) is 0. The third-order valence-corrected chi connectivity index (χ3v) is 4.84. The molecule has 2 aromatic rings. The van der Waals surface area contributed by atoms with Crippen LogP contribution >= 0.6 is 0 Å². The van der Waals surface area contributed by atoms with Crippen molar-refractivity contribution in [2.24, 2.45) is 5.73 Å². The maximum absolute atomic E-state index is 12.0. The number of esters is 1. The Morgan fingerprint density at radius 3 is 2.48 bits per heavy atom. The van der Waals surface area contributed by atoms with Gasteiger partial charge in [-0.2, -0.15) is 0 Å². The zero-order valence-electron chi connectivity index (χ0n) is 19.5. The van der Waals surface area contributed by atoms with Gasteiger partial charge >= 0.3 is 5.97 Å². The number of aryl methyl sites for hydroxylation is 1. The number of nitrogens with two attached hydrogens (primary N) is 1. The number of hydrazine groups is 1. The number of rotatable bonds is 10. The van der Waals surface area contributed by atoms with Gasteiger partial charge in [0.05, 0.1) is 18.8 Å². The summed E-state index contributed by atoms with van der Waals surface area (Å²) in [5, 5.41) is 13.7. The van der Waals surface area contributed by atoms with Gasteiger partial charge in [0, 0.05) is 22.9 Å². The van der Waals surface area contributed by atoms with E-state index >= 15 is 0 Å². The first kappa shape index (κ1) is 25.4. The number of ether oxygens (including phenoxy) is 1. The van der Waals surface area contributed by atoms with Crippen LogP contribution < -0.4 is 16.1 Å². The normalized spacial score (nSPS) is 10.4. The highest BCUT2D eigenvalue weighted by atomic mass is 16.5. The molecule has 0 atom stereocenters. The van der Waals surface area contributed by atoms with Gasteiger partial charge in [-0.3, -0.25) is 15.0 Å². The molecule has 0 radical (unpaired) electrons. The van der Waals surface area contributed by atoms with Gasteiger partial charge in [0.25, 0.3) is 0 Å². The molecule has 0 aliphatic rings. The third kappa shape index (κ3) is 7.37. The molecule has 0 bridgehead atoms. The lowest BCUT2D eigenvalue weighted by molar-refractivity contribution is -0.145. The number of hydrogen-bond donors (Lipinski definition) is 3. The summed E-state index contributed by atoms with van der Waals surface area (Å²) in [5.74, 6) is 5.87. The van der Waals surface area contributed by atoms with Crippen molar-refractivity contribution in [3.05, 3.63) is 59.2 Å². The molecule has 4 N–H and O–H groups in total. The summed E-state index contributed by atoms with van der Waals surface area (Å²) in [4.78, 5) is 23.8. The fourth-order valence-electron chi connectivity index (χ4n) is 3.10. The molecule has 0 aliphatic heterocycles. The number of amides is 1. The largest absolute Gasteiger partial charge is 0.465 e. The first-order valence-corrected chi connectivity index (χ1v) is 10.7. The van der Waals surface area contributed by atoms with Crippen molar-refractivity contribution >= 4 is 29.6 Å². The van der Waals surface area contributed by atoms with E-state index in [1.165, 1.54) is 5.01 Å². The first-order chi connectivity index (χ1) is 15.8. The van der Waals surface area contributed by atoms with Crippen molar-refractivity contribution in [1.29, 1.82) is 5.41 Å². The minimum absolute atomic E-state index is 0.0239. The van der Waals surface area contributed by atoms with Gasteiger partial charge in [-0.15, -0.1) is 0 Å². The van der Waals surface area contributed by atoms with Gasteiger partial charge in [-0.25, -0.2) is 10.0 Å². The molecule has 8 heteroatoms. The highest BCUT2D eigenvalue weighted by Gasteiger charge is 2.22. The Bertz CT molecular complexity index is 1040. The van der Waals surface area contributed by atoms with E-state index < -0.39 is 0 Å². The average Bonchev–Trinajstić information content (AvgIpc) is 2.78. The standard InChI is InChI=1S/C25H31N5O3/c1-5-33-24(32)16-29(18(2)3)30(17-31)23-13-10-20(19(4)15-23)7-6-14-28-22-11-8-21(9-12-22)25(26)27/h8-13,15,17-18,28H,5,14,16H2,1-4H3,(H3,26,27). The molecule has 0 heterocycles. The van der Waals surface area contributed by atoms with E-state index in [2.05, 4.69) is 17.2 Å².